The van der Waals surface area contributed by atoms with Gasteiger partial charge in [0.2, 0.25) is 0 Å². The largest absolute Gasteiger partial charge is 0.456 e. The van der Waals surface area contributed by atoms with E-state index in [1.54, 1.807) is 6.07 Å². The molecular formula is C10H15NO2. The first-order chi connectivity index (χ1) is 6.15. The van der Waals surface area contributed by atoms with Crippen molar-refractivity contribution in [1.29, 1.82) is 0 Å². The molecule has 0 fully saturated rings. The summed E-state index contributed by atoms with van der Waals surface area (Å²) in [5.41, 5.74) is 1.02. The van der Waals surface area contributed by atoms with Crippen LogP contribution in [0.2, 0.25) is 0 Å². The Morgan fingerprint density at radius 3 is 2.69 bits per heavy atom. The zero-order valence-corrected chi connectivity index (χ0v) is 8.31. The Hall–Kier alpha value is -1.25. The molecule has 3 nitrogen and oxygen atoms in total. The molecule has 0 atom stereocenters. The number of rotatable bonds is 3. The number of carbonyl (C=O) groups is 1. The van der Waals surface area contributed by atoms with Crippen molar-refractivity contribution in [2.24, 2.45) is 0 Å². The number of nitrogens with one attached hydrogen (secondary N) is 1. The van der Waals surface area contributed by atoms with E-state index in [9.17, 15) is 4.79 Å². The second kappa shape index (κ2) is 4.12. The minimum atomic E-state index is -0.127. The highest BCUT2D eigenvalue weighted by atomic mass is 16.3. The third-order valence-electron chi connectivity index (χ3n) is 1.93. The number of amides is 1. The van der Waals surface area contributed by atoms with E-state index in [1.807, 2.05) is 20.8 Å². The third-order valence-corrected chi connectivity index (χ3v) is 1.93. The Morgan fingerprint density at radius 1 is 1.54 bits per heavy atom. The second-order valence-electron chi connectivity index (χ2n) is 3.11. The minimum absolute atomic E-state index is 0.127. The van der Waals surface area contributed by atoms with Crippen LogP contribution in [0.4, 0.5) is 0 Å². The van der Waals surface area contributed by atoms with Crippen LogP contribution in [0.1, 0.15) is 35.2 Å². The van der Waals surface area contributed by atoms with E-state index < -0.39 is 0 Å². The standard InChI is InChI=1S/C10H15NO2/c1-4-5-11-10(12)9-6-7(2)8(3)13-9/h6H,4-5H2,1-3H3,(H,11,12). The van der Waals surface area contributed by atoms with Crippen molar-refractivity contribution in [2.45, 2.75) is 27.2 Å². The third kappa shape index (κ3) is 2.34. The van der Waals surface area contributed by atoms with Crippen molar-refractivity contribution in [3.8, 4) is 0 Å². The molecule has 0 spiro atoms. The highest BCUT2D eigenvalue weighted by molar-refractivity contribution is 5.91. The van der Waals surface area contributed by atoms with Crippen molar-refractivity contribution in [3.63, 3.8) is 0 Å². The number of furan rings is 1. The normalized spacial score (nSPS) is 10.1. The molecule has 1 aromatic heterocycles. The zero-order chi connectivity index (χ0) is 9.84. The van der Waals surface area contributed by atoms with E-state index in [4.69, 9.17) is 4.42 Å². The fourth-order valence-electron chi connectivity index (χ4n) is 1.01. The smallest absolute Gasteiger partial charge is 0.287 e. The Kier molecular flexibility index (Phi) is 3.12. The van der Waals surface area contributed by atoms with Crippen molar-refractivity contribution in [2.75, 3.05) is 6.54 Å². The molecule has 0 aromatic carbocycles. The minimum Gasteiger partial charge on any atom is -0.456 e. The van der Waals surface area contributed by atoms with Crippen LogP contribution < -0.4 is 5.32 Å². The molecule has 1 N–H and O–H groups in total. The lowest BCUT2D eigenvalue weighted by atomic mass is 10.3. The summed E-state index contributed by atoms with van der Waals surface area (Å²) in [5.74, 6) is 1.09. The van der Waals surface area contributed by atoms with Crippen LogP contribution in [0.3, 0.4) is 0 Å². The van der Waals surface area contributed by atoms with Gasteiger partial charge in [0.15, 0.2) is 5.76 Å². The molecule has 0 bridgehead atoms. The summed E-state index contributed by atoms with van der Waals surface area (Å²) >= 11 is 0. The number of hydrogen-bond acceptors (Lipinski definition) is 2. The Balaban J connectivity index is 2.66. The Morgan fingerprint density at radius 2 is 2.23 bits per heavy atom. The molecule has 3 heteroatoms. The van der Waals surface area contributed by atoms with Gasteiger partial charge in [-0.3, -0.25) is 4.79 Å². The predicted octanol–water partition coefficient (Wildman–Crippen LogP) is 2.04. The van der Waals surface area contributed by atoms with Crippen molar-refractivity contribution in [3.05, 3.63) is 23.2 Å². The van der Waals surface area contributed by atoms with Crippen molar-refractivity contribution < 1.29 is 9.21 Å². The first-order valence-corrected chi connectivity index (χ1v) is 4.50. The molecule has 0 radical (unpaired) electrons. The first-order valence-electron chi connectivity index (χ1n) is 4.50. The van der Waals surface area contributed by atoms with Gasteiger partial charge in [-0.25, -0.2) is 0 Å². The van der Waals surface area contributed by atoms with Crippen LogP contribution in [0, 0.1) is 13.8 Å². The fraction of sp³-hybridized carbons (Fsp3) is 0.500. The second-order valence-corrected chi connectivity index (χ2v) is 3.11. The van der Waals surface area contributed by atoms with Crippen LogP contribution in [0.15, 0.2) is 10.5 Å². The summed E-state index contributed by atoms with van der Waals surface area (Å²) in [5, 5.41) is 2.76. The summed E-state index contributed by atoms with van der Waals surface area (Å²) in [6.07, 6.45) is 0.935. The Labute approximate surface area is 78.1 Å². The molecule has 1 aromatic rings. The van der Waals surface area contributed by atoms with E-state index in [2.05, 4.69) is 5.32 Å². The lowest BCUT2D eigenvalue weighted by molar-refractivity contribution is 0.0924. The number of carbonyl (C=O) groups excluding carboxylic acids is 1. The summed E-state index contributed by atoms with van der Waals surface area (Å²) in [6.45, 7) is 6.48. The van der Waals surface area contributed by atoms with Crippen LogP contribution >= 0.6 is 0 Å². The molecule has 0 saturated heterocycles. The maximum atomic E-state index is 11.4. The van der Waals surface area contributed by atoms with Crippen LogP contribution in [0.5, 0.6) is 0 Å². The maximum Gasteiger partial charge on any atom is 0.287 e. The lowest BCUT2D eigenvalue weighted by Crippen LogP contribution is -2.23. The zero-order valence-electron chi connectivity index (χ0n) is 8.31. The van der Waals surface area contributed by atoms with Gasteiger partial charge in [-0.15, -0.1) is 0 Å². The molecule has 0 saturated carbocycles. The number of aryl methyl sites for hydroxylation is 2. The average Bonchev–Trinajstić information content (AvgIpc) is 2.43. The first kappa shape index (κ1) is 9.84. The SMILES string of the molecule is CCCNC(=O)c1cc(C)c(C)o1. The van der Waals surface area contributed by atoms with Gasteiger partial charge >= 0.3 is 0 Å². The maximum absolute atomic E-state index is 11.4. The molecule has 0 aliphatic rings. The van der Waals surface area contributed by atoms with Gasteiger partial charge in [0.25, 0.3) is 5.91 Å². The fourth-order valence-corrected chi connectivity index (χ4v) is 1.01. The van der Waals surface area contributed by atoms with E-state index in [-0.39, 0.29) is 5.91 Å². The summed E-state index contributed by atoms with van der Waals surface area (Å²) in [7, 11) is 0. The molecule has 1 heterocycles. The number of hydrogen-bond donors (Lipinski definition) is 1. The quantitative estimate of drug-likeness (QED) is 0.775. The monoisotopic (exact) mass is 181 g/mol. The van der Waals surface area contributed by atoms with Gasteiger partial charge in [-0.05, 0) is 31.9 Å². The van der Waals surface area contributed by atoms with Gasteiger partial charge in [0.1, 0.15) is 5.76 Å². The van der Waals surface area contributed by atoms with Crippen LogP contribution in [0.25, 0.3) is 0 Å². The molecule has 1 amide bonds. The van der Waals surface area contributed by atoms with Crippen molar-refractivity contribution >= 4 is 5.91 Å². The summed E-state index contributed by atoms with van der Waals surface area (Å²) in [4.78, 5) is 11.4. The van der Waals surface area contributed by atoms with Crippen LogP contribution in [-0.4, -0.2) is 12.5 Å². The molecule has 13 heavy (non-hydrogen) atoms. The molecule has 1 rings (SSSR count). The van der Waals surface area contributed by atoms with E-state index in [0.29, 0.717) is 12.3 Å². The Bertz CT molecular complexity index is 282. The van der Waals surface area contributed by atoms with Gasteiger partial charge in [-0.2, -0.15) is 0 Å². The van der Waals surface area contributed by atoms with Crippen LogP contribution in [-0.2, 0) is 0 Å². The van der Waals surface area contributed by atoms with Gasteiger partial charge in [0.05, 0.1) is 0 Å². The molecule has 0 aliphatic carbocycles. The average molecular weight is 181 g/mol. The topological polar surface area (TPSA) is 42.2 Å². The molecular weight excluding hydrogens is 166 g/mol. The highest BCUT2D eigenvalue weighted by Gasteiger charge is 2.10. The summed E-state index contributed by atoms with van der Waals surface area (Å²) in [6, 6.07) is 1.76. The van der Waals surface area contributed by atoms with Gasteiger partial charge < -0.3 is 9.73 Å². The van der Waals surface area contributed by atoms with E-state index in [1.165, 1.54) is 0 Å². The van der Waals surface area contributed by atoms with Crippen molar-refractivity contribution in [1.82, 2.24) is 5.32 Å². The predicted molar refractivity (Wildman–Crippen MR) is 50.8 cm³/mol. The lowest BCUT2D eigenvalue weighted by Gasteiger charge is -1.98. The van der Waals surface area contributed by atoms with Gasteiger partial charge in [0, 0.05) is 6.54 Å². The summed E-state index contributed by atoms with van der Waals surface area (Å²) < 4.78 is 5.26. The van der Waals surface area contributed by atoms with E-state index >= 15 is 0 Å². The molecule has 0 unspecified atom stereocenters. The highest BCUT2D eigenvalue weighted by Crippen LogP contribution is 2.12. The molecule has 0 aliphatic heterocycles. The molecule has 72 valence electrons. The van der Waals surface area contributed by atoms with E-state index in [0.717, 1.165) is 17.7 Å². The van der Waals surface area contributed by atoms with Gasteiger partial charge in [-0.1, -0.05) is 6.92 Å².